The van der Waals surface area contributed by atoms with E-state index in [1.54, 1.807) is 24.3 Å². The summed E-state index contributed by atoms with van der Waals surface area (Å²) in [6, 6.07) is 13.4. The van der Waals surface area contributed by atoms with E-state index in [9.17, 15) is 23.1 Å². The zero-order chi connectivity index (χ0) is 20.5. The monoisotopic (exact) mass is 409 g/mol. The first-order valence-electron chi connectivity index (χ1n) is 8.68. The van der Waals surface area contributed by atoms with Crippen LogP contribution in [0.4, 0.5) is 13.2 Å². The summed E-state index contributed by atoms with van der Waals surface area (Å²) >= 11 is 5.82. The first-order valence-corrected chi connectivity index (χ1v) is 9.06. The van der Waals surface area contributed by atoms with Crippen molar-refractivity contribution in [1.82, 2.24) is 4.90 Å². The number of aliphatic hydroxyl groups is 1. The summed E-state index contributed by atoms with van der Waals surface area (Å²) in [5.74, 6) is -0.731. The minimum atomic E-state index is -4.72. The smallest absolute Gasteiger partial charge is 0.394 e. The van der Waals surface area contributed by atoms with Crippen LogP contribution in [0.1, 0.15) is 22.8 Å². The average molecular weight is 410 g/mol. The van der Waals surface area contributed by atoms with Gasteiger partial charge in [-0.25, -0.2) is 0 Å². The van der Waals surface area contributed by atoms with Crippen LogP contribution < -0.4 is 0 Å². The van der Waals surface area contributed by atoms with E-state index in [1.165, 1.54) is 35.4 Å². The van der Waals surface area contributed by atoms with Crippen LogP contribution in [0.15, 0.2) is 66.4 Å². The summed E-state index contributed by atoms with van der Waals surface area (Å²) < 4.78 is 42.4. The van der Waals surface area contributed by atoms with Crippen molar-refractivity contribution in [3.05, 3.63) is 82.5 Å². The standard InChI is InChI=1S/C21H19ClF3NO2/c1-20(21(23,24)25)17(19(28)15-7-9-16(22)10-8-15)12-26(18(20)13-27)11-14-5-3-2-4-6-14/h2-10,12,18,27H,11,13H2,1H3/t18-,20+/m1/s1. The lowest BCUT2D eigenvalue weighted by Crippen LogP contribution is -2.51. The summed E-state index contributed by atoms with van der Waals surface area (Å²) in [7, 11) is 0. The molecule has 3 rings (SSSR count). The van der Waals surface area contributed by atoms with Crippen molar-refractivity contribution in [2.45, 2.75) is 25.7 Å². The van der Waals surface area contributed by atoms with E-state index in [-0.39, 0.29) is 12.1 Å². The number of ketones is 1. The second-order valence-electron chi connectivity index (χ2n) is 6.94. The Labute approximate surface area is 166 Å². The summed E-state index contributed by atoms with van der Waals surface area (Å²) in [4.78, 5) is 14.4. The predicted octanol–water partition coefficient (Wildman–Crippen LogP) is 4.85. The number of alkyl halides is 3. The maximum absolute atomic E-state index is 14.1. The molecule has 0 fully saturated rings. The van der Waals surface area contributed by atoms with Crippen molar-refractivity contribution in [1.29, 1.82) is 0 Å². The Balaban J connectivity index is 2.05. The van der Waals surface area contributed by atoms with Crippen LogP contribution in [0.5, 0.6) is 0 Å². The van der Waals surface area contributed by atoms with E-state index < -0.39 is 35.6 Å². The van der Waals surface area contributed by atoms with Crippen LogP contribution in [-0.2, 0) is 6.54 Å². The van der Waals surface area contributed by atoms with Gasteiger partial charge in [-0.1, -0.05) is 41.9 Å². The SMILES string of the molecule is C[C@]1(C(F)(F)F)C(C(=O)c2ccc(Cl)cc2)=CN(Cc2ccccc2)[C@@H]1CO. The molecule has 2 atom stereocenters. The van der Waals surface area contributed by atoms with Crippen molar-refractivity contribution in [3.63, 3.8) is 0 Å². The van der Waals surface area contributed by atoms with Crippen molar-refractivity contribution in [2.75, 3.05) is 6.61 Å². The molecular formula is C21H19ClF3NO2. The third-order valence-electron chi connectivity index (χ3n) is 5.24. The van der Waals surface area contributed by atoms with Crippen LogP contribution >= 0.6 is 11.6 Å². The molecule has 1 N–H and O–H groups in total. The highest BCUT2D eigenvalue weighted by Crippen LogP contribution is 2.52. The highest BCUT2D eigenvalue weighted by molar-refractivity contribution is 6.30. The molecular weight excluding hydrogens is 391 g/mol. The van der Waals surface area contributed by atoms with Gasteiger partial charge in [0, 0.05) is 28.9 Å². The van der Waals surface area contributed by atoms with Gasteiger partial charge >= 0.3 is 6.18 Å². The molecule has 0 radical (unpaired) electrons. The molecule has 7 heteroatoms. The number of hydrogen-bond acceptors (Lipinski definition) is 3. The number of aliphatic hydroxyl groups excluding tert-OH is 1. The van der Waals surface area contributed by atoms with Crippen LogP contribution in [-0.4, -0.2) is 34.6 Å². The molecule has 148 valence electrons. The second kappa shape index (κ2) is 7.60. The second-order valence-corrected chi connectivity index (χ2v) is 7.37. The Morgan fingerprint density at radius 2 is 1.75 bits per heavy atom. The molecule has 1 heterocycles. The summed E-state index contributed by atoms with van der Waals surface area (Å²) in [6.45, 7) is 0.379. The Bertz CT molecular complexity index is 881. The molecule has 2 aromatic rings. The number of Topliss-reactive ketones (excluding diaryl/α,β-unsaturated/α-hetero) is 1. The number of carbonyl (C=O) groups excluding carboxylic acids is 1. The summed E-state index contributed by atoms with van der Waals surface area (Å²) in [6.07, 6.45) is -3.49. The molecule has 0 bridgehead atoms. The molecule has 0 aromatic heterocycles. The number of rotatable bonds is 5. The lowest BCUT2D eigenvalue weighted by atomic mass is 9.74. The van der Waals surface area contributed by atoms with Gasteiger partial charge in [0.2, 0.25) is 0 Å². The van der Waals surface area contributed by atoms with E-state index in [2.05, 4.69) is 0 Å². The van der Waals surface area contributed by atoms with Crippen molar-refractivity contribution >= 4 is 17.4 Å². The zero-order valence-corrected chi connectivity index (χ0v) is 15.8. The Hall–Kier alpha value is -2.31. The van der Waals surface area contributed by atoms with E-state index in [4.69, 9.17) is 11.6 Å². The largest absolute Gasteiger partial charge is 0.400 e. The molecule has 3 nitrogen and oxygen atoms in total. The maximum Gasteiger partial charge on any atom is 0.400 e. The molecule has 0 saturated heterocycles. The van der Waals surface area contributed by atoms with Gasteiger partial charge in [-0.3, -0.25) is 4.79 Å². The predicted molar refractivity (Wildman–Crippen MR) is 101 cm³/mol. The highest BCUT2D eigenvalue weighted by Gasteiger charge is 2.63. The highest BCUT2D eigenvalue weighted by atomic mass is 35.5. The molecule has 0 spiro atoms. The van der Waals surface area contributed by atoms with Gasteiger partial charge in [-0.05, 0) is 36.8 Å². The number of halogens is 4. The average Bonchev–Trinajstić information content (AvgIpc) is 2.95. The van der Waals surface area contributed by atoms with Gasteiger partial charge < -0.3 is 10.0 Å². The van der Waals surface area contributed by atoms with E-state index in [0.717, 1.165) is 12.5 Å². The van der Waals surface area contributed by atoms with E-state index >= 15 is 0 Å². The Morgan fingerprint density at radius 1 is 1.14 bits per heavy atom. The number of benzene rings is 2. The third-order valence-corrected chi connectivity index (χ3v) is 5.49. The number of carbonyl (C=O) groups is 1. The molecule has 0 saturated carbocycles. The fraction of sp³-hybridized carbons (Fsp3) is 0.286. The van der Waals surface area contributed by atoms with Crippen LogP contribution in [0.25, 0.3) is 0 Å². The summed E-state index contributed by atoms with van der Waals surface area (Å²) in [5, 5.41) is 10.2. The van der Waals surface area contributed by atoms with Crippen LogP contribution in [0.3, 0.4) is 0 Å². The van der Waals surface area contributed by atoms with Gasteiger partial charge in [0.1, 0.15) is 5.41 Å². The van der Waals surface area contributed by atoms with Crippen molar-refractivity contribution in [3.8, 4) is 0 Å². The molecule has 1 aliphatic heterocycles. The van der Waals surface area contributed by atoms with Gasteiger partial charge in [0.15, 0.2) is 5.78 Å². The van der Waals surface area contributed by atoms with Crippen molar-refractivity contribution in [2.24, 2.45) is 5.41 Å². The van der Waals surface area contributed by atoms with Gasteiger partial charge in [0.05, 0.1) is 12.6 Å². The normalized spacial score (nSPS) is 22.3. The molecule has 1 aliphatic rings. The maximum atomic E-state index is 14.1. The van der Waals surface area contributed by atoms with Crippen LogP contribution in [0, 0.1) is 5.41 Å². The van der Waals surface area contributed by atoms with E-state index in [1.807, 2.05) is 6.07 Å². The lowest BCUT2D eigenvalue weighted by Gasteiger charge is -2.38. The zero-order valence-electron chi connectivity index (χ0n) is 15.1. The quantitative estimate of drug-likeness (QED) is 0.717. The molecule has 2 aromatic carbocycles. The topological polar surface area (TPSA) is 40.5 Å². The molecule has 0 aliphatic carbocycles. The van der Waals surface area contributed by atoms with Gasteiger partial charge in [-0.15, -0.1) is 0 Å². The molecule has 0 unspecified atom stereocenters. The first-order chi connectivity index (χ1) is 13.2. The van der Waals surface area contributed by atoms with Gasteiger partial charge in [-0.2, -0.15) is 13.2 Å². The number of nitrogens with zero attached hydrogens (tertiary/aromatic N) is 1. The fourth-order valence-electron chi connectivity index (χ4n) is 3.53. The van der Waals surface area contributed by atoms with Crippen molar-refractivity contribution < 1.29 is 23.1 Å². The fourth-order valence-corrected chi connectivity index (χ4v) is 3.66. The number of hydrogen-bond donors (Lipinski definition) is 1. The van der Waals surface area contributed by atoms with E-state index in [0.29, 0.717) is 5.02 Å². The first kappa shape index (κ1) is 20.4. The minimum Gasteiger partial charge on any atom is -0.394 e. The van der Waals surface area contributed by atoms with Crippen LogP contribution in [0.2, 0.25) is 5.02 Å². The Morgan fingerprint density at radius 3 is 2.29 bits per heavy atom. The lowest BCUT2D eigenvalue weighted by molar-refractivity contribution is -0.218. The van der Waals surface area contributed by atoms with Gasteiger partial charge in [0.25, 0.3) is 0 Å². The third kappa shape index (κ3) is 3.54. The summed E-state index contributed by atoms with van der Waals surface area (Å²) in [5.41, 5.74) is -2.00. The minimum absolute atomic E-state index is 0.115. The Kier molecular flexibility index (Phi) is 5.55. The molecule has 0 amide bonds. The molecule has 28 heavy (non-hydrogen) atoms.